The van der Waals surface area contributed by atoms with E-state index in [1.165, 1.54) is 0 Å². The van der Waals surface area contributed by atoms with E-state index >= 15 is 0 Å². The second kappa shape index (κ2) is 4.96. The molecular formula is C12H19NO5. The van der Waals surface area contributed by atoms with E-state index in [0.29, 0.717) is 6.42 Å². The van der Waals surface area contributed by atoms with Crippen LogP contribution in [0.5, 0.6) is 0 Å². The number of esters is 1. The van der Waals surface area contributed by atoms with Crippen molar-refractivity contribution in [1.29, 1.82) is 0 Å². The van der Waals surface area contributed by atoms with Gasteiger partial charge in [0.2, 0.25) is 0 Å². The number of nitrogens with zero attached hydrogens (tertiary/aromatic N) is 1. The minimum absolute atomic E-state index is 0.151. The SMILES string of the molecule is CC(C)C[C@H]1C(=O)OC(=O)N1C(=O)OC(C)(C)C. The van der Waals surface area contributed by atoms with Crippen LogP contribution in [-0.4, -0.2) is 34.7 Å². The zero-order chi connectivity index (χ0) is 14.1. The van der Waals surface area contributed by atoms with E-state index in [4.69, 9.17) is 4.74 Å². The van der Waals surface area contributed by atoms with Crippen molar-refractivity contribution in [2.45, 2.75) is 52.7 Å². The van der Waals surface area contributed by atoms with Crippen molar-refractivity contribution in [1.82, 2.24) is 4.90 Å². The van der Waals surface area contributed by atoms with Crippen LogP contribution in [0.3, 0.4) is 0 Å². The first kappa shape index (κ1) is 14.5. The van der Waals surface area contributed by atoms with Gasteiger partial charge in [0.05, 0.1) is 0 Å². The fourth-order valence-electron chi connectivity index (χ4n) is 1.60. The summed E-state index contributed by atoms with van der Waals surface area (Å²) in [5.41, 5.74) is -0.731. The third-order valence-corrected chi connectivity index (χ3v) is 2.25. The Morgan fingerprint density at radius 2 is 1.94 bits per heavy atom. The molecule has 6 heteroatoms. The Bertz CT molecular complexity index is 369. The Morgan fingerprint density at radius 3 is 2.39 bits per heavy atom. The van der Waals surface area contributed by atoms with Crippen molar-refractivity contribution in [3.63, 3.8) is 0 Å². The maximum atomic E-state index is 11.9. The molecule has 6 nitrogen and oxygen atoms in total. The van der Waals surface area contributed by atoms with E-state index in [1.54, 1.807) is 20.8 Å². The summed E-state index contributed by atoms with van der Waals surface area (Å²) in [6.07, 6.45) is -1.44. The standard InChI is InChI=1S/C12H19NO5/c1-7(2)6-8-9(14)17-10(15)13(8)11(16)18-12(3,4)5/h7-8H,6H2,1-5H3/t8-/m0/s1. The van der Waals surface area contributed by atoms with Gasteiger partial charge >= 0.3 is 18.2 Å². The average molecular weight is 257 g/mol. The normalized spacial score (nSPS) is 20.3. The molecule has 1 atom stereocenters. The number of hydrogen-bond acceptors (Lipinski definition) is 5. The van der Waals surface area contributed by atoms with Crippen LogP contribution in [0.4, 0.5) is 9.59 Å². The maximum Gasteiger partial charge on any atom is 0.427 e. The summed E-state index contributed by atoms with van der Waals surface area (Å²) in [5.74, 6) is -0.544. The van der Waals surface area contributed by atoms with E-state index in [1.807, 2.05) is 13.8 Å². The van der Waals surface area contributed by atoms with Crippen molar-refractivity contribution >= 4 is 18.2 Å². The number of carbonyl (C=O) groups excluding carboxylic acids is 3. The van der Waals surface area contributed by atoms with Crippen LogP contribution in [0.1, 0.15) is 41.0 Å². The van der Waals surface area contributed by atoms with E-state index in [0.717, 1.165) is 4.90 Å². The topological polar surface area (TPSA) is 72.9 Å². The molecule has 0 aliphatic carbocycles. The van der Waals surface area contributed by atoms with Crippen LogP contribution in [-0.2, 0) is 14.3 Å². The van der Waals surface area contributed by atoms with Gasteiger partial charge < -0.3 is 9.47 Å². The molecule has 0 N–H and O–H groups in total. The molecule has 0 aromatic carbocycles. The number of cyclic esters (lactones) is 2. The summed E-state index contributed by atoms with van der Waals surface area (Å²) in [6, 6.07) is -0.882. The Hall–Kier alpha value is -1.59. The molecule has 0 saturated carbocycles. The van der Waals surface area contributed by atoms with E-state index < -0.39 is 29.8 Å². The Labute approximate surface area is 106 Å². The molecule has 1 fully saturated rings. The minimum Gasteiger partial charge on any atom is -0.443 e. The van der Waals surface area contributed by atoms with Crippen molar-refractivity contribution < 1.29 is 23.9 Å². The molecule has 0 bridgehead atoms. The van der Waals surface area contributed by atoms with E-state index in [2.05, 4.69) is 4.74 Å². The zero-order valence-electron chi connectivity index (χ0n) is 11.4. The molecule has 1 aliphatic rings. The summed E-state index contributed by atoms with van der Waals surface area (Å²) < 4.78 is 9.56. The maximum absolute atomic E-state index is 11.9. The van der Waals surface area contributed by atoms with Gasteiger partial charge in [-0.25, -0.2) is 14.4 Å². The molecule has 1 saturated heterocycles. The number of imide groups is 1. The molecule has 18 heavy (non-hydrogen) atoms. The third-order valence-electron chi connectivity index (χ3n) is 2.25. The van der Waals surface area contributed by atoms with E-state index in [9.17, 15) is 14.4 Å². The van der Waals surface area contributed by atoms with Crippen molar-refractivity contribution in [2.75, 3.05) is 0 Å². The van der Waals surface area contributed by atoms with Crippen molar-refractivity contribution in [3.8, 4) is 0 Å². The Kier molecular flexibility index (Phi) is 3.98. The summed E-state index contributed by atoms with van der Waals surface area (Å²) >= 11 is 0. The molecular weight excluding hydrogens is 238 g/mol. The van der Waals surface area contributed by atoms with Gasteiger partial charge in [0, 0.05) is 0 Å². The van der Waals surface area contributed by atoms with E-state index in [-0.39, 0.29) is 5.92 Å². The van der Waals surface area contributed by atoms with Gasteiger partial charge in [-0.1, -0.05) is 13.8 Å². The molecule has 0 spiro atoms. The second-order valence-electron chi connectivity index (χ2n) is 5.68. The van der Waals surface area contributed by atoms with Gasteiger partial charge in [-0.15, -0.1) is 0 Å². The lowest BCUT2D eigenvalue weighted by Crippen LogP contribution is -2.43. The van der Waals surface area contributed by atoms with Gasteiger partial charge in [-0.2, -0.15) is 4.90 Å². The largest absolute Gasteiger partial charge is 0.443 e. The van der Waals surface area contributed by atoms with Crippen LogP contribution in [0.15, 0.2) is 0 Å². The molecule has 1 rings (SSSR count). The monoisotopic (exact) mass is 257 g/mol. The summed E-state index contributed by atoms with van der Waals surface area (Å²) in [5, 5.41) is 0. The molecule has 1 heterocycles. The Morgan fingerprint density at radius 1 is 1.39 bits per heavy atom. The summed E-state index contributed by atoms with van der Waals surface area (Å²) in [7, 11) is 0. The molecule has 0 radical (unpaired) electrons. The van der Waals surface area contributed by atoms with Crippen LogP contribution in [0, 0.1) is 5.92 Å². The highest BCUT2D eigenvalue weighted by molar-refractivity contribution is 6.03. The van der Waals surface area contributed by atoms with Gasteiger partial charge in [0.1, 0.15) is 11.6 Å². The molecule has 102 valence electrons. The zero-order valence-corrected chi connectivity index (χ0v) is 11.4. The number of hydrogen-bond donors (Lipinski definition) is 0. The number of rotatable bonds is 2. The lowest BCUT2D eigenvalue weighted by Gasteiger charge is -2.25. The van der Waals surface area contributed by atoms with Crippen LogP contribution >= 0.6 is 0 Å². The fraction of sp³-hybridized carbons (Fsp3) is 0.750. The van der Waals surface area contributed by atoms with Gasteiger partial charge in [0.15, 0.2) is 0 Å². The highest BCUT2D eigenvalue weighted by Gasteiger charge is 2.46. The van der Waals surface area contributed by atoms with Crippen LogP contribution in [0.25, 0.3) is 0 Å². The van der Waals surface area contributed by atoms with Crippen LogP contribution in [0.2, 0.25) is 0 Å². The predicted octanol–water partition coefficient (Wildman–Crippen LogP) is 2.32. The molecule has 2 amide bonds. The van der Waals surface area contributed by atoms with Gasteiger partial charge in [0.25, 0.3) is 0 Å². The fourth-order valence-corrected chi connectivity index (χ4v) is 1.60. The van der Waals surface area contributed by atoms with Crippen molar-refractivity contribution in [3.05, 3.63) is 0 Å². The first-order valence-corrected chi connectivity index (χ1v) is 5.89. The lowest BCUT2D eigenvalue weighted by atomic mass is 10.0. The highest BCUT2D eigenvalue weighted by atomic mass is 16.6. The first-order valence-electron chi connectivity index (χ1n) is 5.89. The number of amides is 2. The minimum atomic E-state index is -0.958. The molecule has 1 aliphatic heterocycles. The average Bonchev–Trinajstić information content (AvgIpc) is 2.37. The Balaban J connectivity index is 2.86. The molecule has 0 unspecified atom stereocenters. The molecule has 0 aromatic rings. The number of carbonyl (C=O) groups is 3. The summed E-state index contributed by atoms with van der Waals surface area (Å²) in [6.45, 7) is 8.84. The van der Waals surface area contributed by atoms with Crippen LogP contribution < -0.4 is 0 Å². The van der Waals surface area contributed by atoms with Crippen molar-refractivity contribution in [2.24, 2.45) is 5.92 Å². The molecule has 0 aromatic heterocycles. The quantitative estimate of drug-likeness (QED) is 0.560. The summed E-state index contributed by atoms with van der Waals surface area (Å²) in [4.78, 5) is 35.6. The predicted molar refractivity (Wildman–Crippen MR) is 62.8 cm³/mol. The highest BCUT2D eigenvalue weighted by Crippen LogP contribution is 2.23. The van der Waals surface area contributed by atoms with Gasteiger partial charge in [-0.05, 0) is 33.1 Å². The van der Waals surface area contributed by atoms with Gasteiger partial charge in [-0.3, -0.25) is 0 Å². The first-order chi connectivity index (χ1) is 8.11. The lowest BCUT2D eigenvalue weighted by molar-refractivity contribution is -0.136. The smallest absolute Gasteiger partial charge is 0.427 e. The number of ether oxygens (including phenoxy) is 2. The second-order valence-corrected chi connectivity index (χ2v) is 5.68. The third kappa shape index (κ3) is 3.45.